The average molecular weight is 404 g/mol. The zero-order valence-electron chi connectivity index (χ0n) is 16.4. The van der Waals surface area contributed by atoms with Gasteiger partial charge in [-0.25, -0.2) is 4.79 Å². The van der Waals surface area contributed by atoms with Crippen molar-refractivity contribution in [2.24, 2.45) is 0 Å². The van der Waals surface area contributed by atoms with Crippen LogP contribution >= 0.6 is 0 Å². The third-order valence-corrected chi connectivity index (χ3v) is 5.27. The zero-order valence-corrected chi connectivity index (χ0v) is 16.4. The fourth-order valence-corrected chi connectivity index (χ4v) is 3.90. The number of carbonyl (C=O) groups is 2. The molecular formula is C22H20N4O4. The lowest BCUT2D eigenvalue weighted by Gasteiger charge is -2.17. The molecule has 1 aliphatic heterocycles. The van der Waals surface area contributed by atoms with Gasteiger partial charge in [-0.2, -0.15) is 5.26 Å². The van der Waals surface area contributed by atoms with E-state index in [-0.39, 0.29) is 12.5 Å². The molecule has 3 aromatic rings. The summed E-state index contributed by atoms with van der Waals surface area (Å²) in [4.78, 5) is 25.5. The van der Waals surface area contributed by atoms with Crippen LogP contribution in [0.1, 0.15) is 28.0 Å². The van der Waals surface area contributed by atoms with Gasteiger partial charge in [0.1, 0.15) is 11.4 Å². The number of aromatic nitrogens is 1. The highest BCUT2D eigenvalue weighted by atomic mass is 16.5. The lowest BCUT2D eigenvalue weighted by atomic mass is 10.0. The van der Waals surface area contributed by atoms with Crippen LogP contribution < -0.4 is 10.1 Å². The molecule has 0 spiro atoms. The number of pyridine rings is 1. The highest BCUT2D eigenvalue weighted by molar-refractivity contribution is 6.03. The van der Waals surface area contributed by atoms with E-state index in [1.54, 1.807) is 30.3 Å². The van der Waals surface area contributed by atoms with Crippen LogP contribution in [0.2, 0.25) is 0 Å². The summed E-state index contributed by atoms with van der Waals surface area (Å²) in [5.41, 5.74) is 4.69. The van der Waals surface area contributed by atoms with Crippen molar-refractivity contribution < 1.29 is 19.4 Å². The maximum atomic E-state index is 13.1. The third kappa shape index (κ3) is 3.31. The molecule has 4 rings (SSSR count). The van der Waals surface area contributed by atoms with Crippen LogP contribution in [-0.2, 0) is 6.54 Å². The maximum absolute atomic E-state index is 13.1. The second-order valence-electron chi connectivity index (χ2n) is 7.03. The molecule has 0 bridgehead atoms. The lowest BCUT2D eigenvalue weighted by Crippen LogP contribution is -2.30. The molecule has 0 fully saturated rings. The number of hydrogen-bond donors (Lipinski definition) is 2. The Kier molecular flexibility index (Phi) is 5.02. The van der Waals surface area contributed by atoms with Crippen LogP contribution in [0.4, 0.5) is 4.79 Å². The van der Waals surface area contributed by atoms with E-state index in [0.717, 1.165) is 28.0 Å². The predicted molar refractivity (Wildman–Crippen MR) is 109 cm³/mol. The normalized spacial score (nSPS) is 12.7. The average Bonchev–Trinajstić information content (AvgIpc) is 3.24. The molecular weight excluding hydrogens is 384 g/mol. The van der Waals surface area contributed by atoms with Gasteiger partial charge in [0.05, 0.1) is 24.3 Å². The van der Waals surface area contributed by atoms with Gasteiger partial charge in [0.25, 0.3) is 5.91 Å². The second-order valence-corrected chi connectivity index (χ2v) is 7.03. The number of nitrogens with one attached hydrogen (secondary N) is 1. The summed E-state index contributed by atoms with van der Waals surface area (Å²) in [5.74, 6) is 0.639. The van der Waals surface area contributed by atoms with Gasteiger partial charge in [-0.3, -0.25) is 4.79 Å². The van der Waals surface area contributed by atoms with E-state index in [9.17, 15) is 14.9 Å². The summed E-state index contributed by atoms with van der Waals surface area (Å²) in [7, 11) is 1.61. The Hall–Kier alpha value is -3.99. The SMILES string of the molecule is COc1ccc(-c2c3c(n4ccc(C#N)cc24)C(=O)N(CCCNC(=O)O)C3)cc1. The second kappa shape index (κ2) is 7.79. The molecule has 0 aliphatic carbocycles. The van der Waals surface area contributed by atoms with E-state index in [0.29, 0.717) is 30.8 Å². The standard InChI is InChI=1S/C22H20N4O4/c1-30-16-5-3-15(4-6-16)19-17-13-25(9-2-8-24-22(28)29)21(27)20(17)26-10-7-14(12-23)11-18(19)26/h3-7,10-11,24H,2,8-9,13H2,1H3,(H,28,29). The molecule has 152 valence electrons. The number of amides is 2. The molecule has 1 aliphatic rings. The number of methoxy groups -OCH3 is 1. The van der Waals surface area contributed by atoms with E-state index in [1.165, 1.54) is 0 Å². The number of benzene rings is 1. The van der Waals surface area contributed by atoms with Gasteiger partial charge in [-0.15, -0.1) is 0 Å². The Morgan fingerprint density at radius 1 is 1.30 bits per heavy atom. The predicted octanol–water partition coefficient (Wildman–Crippen LogP) is 3.10. The molecule has 0 atom stereocenters. The monoisotopic (exact) mass is 404 g/mol. The summed E-state index contributed by atoms with van der Waals surface area (Å²) in [5, 5.41) is 20.4. The minimum atomic E-state index is -1.07. The zero-order chi connectivity index (χ0) is 21.3. The number of carboxylic acid groups (broad SMARTS) is 1. The number of nitrogens with zero attached hydrogens (tertiary/aromatic N) is 3. The van der Waals surface area contributed by atoms with E-state index in [4.69, 9.17) is 9.84 Å². The lowest BCUT2D eigenvalue weighted by molar-refractivity contribution is 0.0771. The maximum Gasteiger partial charge on any atom is 0.404 e. The van der Waals surface area contributed by atoms with Crippen molar-refractivity contribution >= 4 is 17.5 Å². The molecule has 2 aromatic heterocycles. The number of hydrogen-bond acceptors (Lipinski definition) is 4. The van der Waals surface area contributed by atoms with Crippen molar-refractivity contribution in [2.75, 3.05) is 20.2 Å². The number of fused-ring (bicyclic) bond motifs is 3. The molecule has 0 radical (unpaired) electrons. The van der Waals surface area contributed by atoms with Crippen molar-refractivity contribution in [3.8, 4) is 22.9 Å². The quantitative estimate of drug-likeness (QED) is 0.614. The van der Waals surface area contributed by atoms with Gasteiger partial charge < -0.3 is 24.5 Å². The van der Waals surface area contributed by atoms with Gasteiger partial charge in [0.15, 0.2) is 0 Å². The van der Waals surface area contributed by atoms with Crippen LogP contribution in [0.3, 0.4) is 0 Å². The molecule has 30 heavy (non-hydrogen) atoms. The summed E-state index contributed by atoms with van der Waals surface area (Å²) in [6.07, 6.45) is 1.21. The first-order valence-corrected chi connectivity index (χ1v) is 9.51. The summed E-state index contributed by atoms with van der Waals surface area (Å²) < 4.78 is 7.09. The fourth-order valence-electron chi connectivity index (χ4n) is 3.90. The molecule has 1 aromatic carbocycles. The smallest absolute Gasteiger partial charge is 0.404 e. The minimum Gasteiger partial charge on any atom is -0.497 e. The molecule has 3 heterocycles. The Morgan fingerprint density at radius 3 is 2.73 bits per heavy atom. The molecule has 0 saturated heterocycles. The highest BCUT2D eigenvalue weighted by Gasteiger charge is 2.34. The summed E-state index contributed by atoms with van der Waals surface area (Å²) in [6.45, 7) is 1.18. The van der Waals surface area contributed by atoms with Crippen LogP contribution in [-0.4, -0.2) is 46.6 Å². The van der Waals surface area contributed by atoms with Crippen LogP contribution in [0, 0.1) is 11.3 Å². The minimum absolute atomic E-state index is 0.0974. The largest absolute Gasteiger partial charge is 0.497 e. The van der Waals surface area contributed by atoms with E-state index >= 15 is 0 Å². The Bertz CT molecular complexity index is 1170. The molecule has 0 saturated carbocycles. The third-order valence-electron chi connectivity index (χ3n) is 5.27. The Morgan fingerprint density at radius 2 is 2.07 bits per heavy atom. The number of nitriles is 1. The van der Waals surface area contributed by atoms with Gasteiger partial charge in [0.2, 0.25) is 0 Å². The van der Waals surface area contributed by atoms with Crippen LogP contribution in [0.25, 0.3) is 16.6 Å². The number of carbonyl (C=O) groups excluding carboxylic acids is 1. The van der Waals surface area contributed by atoms with Gasteiger partial charge in [0, 0.05) is 37.0 Å². The van der Waals surface area contributed by atoms with Crippen molar-refractivity contribution in [1.29, 1.82) is 5.26 Å². The van der Waals surface area contributed by atoms with E-state index in [1.807, 2.05) is 28.7 Å². The van der Waals surface area contributed by atoms with Crippen LogP contribution in [0.15, 0.2) is 42.6 Å². The first-order chi connectivity index (χ1) is 14.5. The van der Waals surface area contributed by atoms with Crippen LogP contribution in [0.5, 0.6) is 5.75 Å². The van der Waals surface area contributed by atoms with Gasteiger partial charge >= 0.3 is 6.09 Å². The number of rotatable bonds is 6. The van der Waals surface area contributed by atoms with E-state index < -0.39 is 6.09 Å². The highest BCUT2D eigenvalue weighted by Crippen LogP contribution is 2.39. The summed E-state index contributed by atoms with van der Waals surface area (Å²) >= 11 is 0. The van der Waals surface area contributed by atoms with Crippen molar-refractivity contribution in [3.63, 3.8) is 0 Å². The molecule has 8 nitrogen and oxygen atoms in total. The molecule has 2 N–H and O–H groups in total. The van der Waals surface area contributed by atoms with Crippen molar-refractivity contribution in [2.45, 2.75) is 13.0 Å². The fraction of sp³-hybridized carbons (Fsp3) is 0.227. The topological polar surface area (TPSA) is 107 Å². The van der Waals surface area contributed by atoms with E-state index in [2.05, 4.69) is 11.4 Å². The van der Waals surface area contributed by atoms with Gasteiger partial charge in [-0.1, -0.05) is 12.1 Å². The first kappa shape index (κ1) is 19.3. The molecule has 8 heteroatoms. The molecule has 0 unspecified atom stereocenters. The van der Waals surface area contributed by atoms with Crippen molar-refractivity contribution in [3.05, 3.63) is 59.4 Å². The first-order valence-electron chi connectivity index (χ1n) is 9.51. The van der Waals surface area contributed by atoms with Gasteiger partial charge in [-0.05, 0) is 36.2 Å². The molecule has 2 amide bonds. The Labute approximate surface area is 172 Å². The Balaban J connectivity index is 1.75. The number of ether oxygens (including phenoxy) is 1. The summed E-state index contributed by atoms with van der Waals surface area (Å²) in [6, 6.07) is 13.3. The van der Waals surface area contributed by atoms with Crippen molar-refractivity contribution in [1.82, 2.24) is 14.6 Å².